The maximum atomic E-state index is 5.56. The summed E-state index contributed by atoms with van der Waals surface area (Å²) >= 11 is 5.13. The predicted octanol–water partition coefficient (Wildman–Crippen LogP) is 3.34. The van der Waals surface area contributed by atoms with E-state index < -0.39 is 0 Å². The maximum absolute atomic E-state index is 5.56. The van der Waals surface area contributed by atoms with Crippen LogP contribution in [-0.2, 0) is 4.74 Å². The summed E-state index contributed by atoms with van der Waals surface area (Å²) in [5.41, 5.74) is -0.182. The van der Waals surface area contributed by atoms with Crippen molar-refractivity contribution in [2.24, 2.45) is 0 Å². The highest BCUT2D eigenvalue weighted by atomic mass is 79.9. The van der Waals surface area contributed by atoms with Gasteiger partial charge in [-0.3, -0.25) is 0 Å². The highest BCUT2D eigenvalue weighted by Crippen LogP contribution is 2.23. The van der Waals surface area contributed by atoms with Gasteiger partial charge in [0.05, 0.1) is 10.6 Å². The first-order valence-electron chi connectivity index (χ1n) is 6.02. The largest absolute Gasteiger partial charge is 0.377 e. The summed E-state index contributed by atoms with van der Waals surface area (Å²) in [6.45, 7) is 7.26. The van der Waals surface area contributed by atoms with Gasteiger partial charge in [-0.1, -0.05) is 6.92 Å². The second-order valence-corrected chi connectivity index (χ2v) is 6.50. The monoisotopic (exact) mass is 332 g/mol. The Balaban J connectivity index is 2.59. The van der Waals surface area contributed by atoms with Crippen molar-refractivity contribution >= 4 is 27.7 Å². The van der Waals surface area contributed by atoms with Crippen molar-refractivity contribution in [2.45, 2.75) is 37.4 Å². The fraction of sp³-hybridized carbons (Fsp3) is 0.615. The van der Waals surface area contributed by atoms with Crippen molar-refractivity contribution in [1.82, 2.24) is 10.3 Å². The van der Waals surface area contributed by atoms with Crippen LogP contribution in [0, 0.1) is 0 Å². The van der Waals surface area contributed by atoms with E-state index in [1.165, 1.54) is 0 Å². The number of methoxy groups -OCH3 is 1. The molecule has 5 heteroatoms. The van der Waals surface area contributed by atoms with Crippen LogP contribution in [0.3, 0.4) is 0 Å². The van der Waals surface area contributed by atoms with Crippen LogP contribution in [0.25, 0.3) is 0 Å². The highest BCUT2D eigenvalue weighted by Gasteiger charge is 2.28. The van der Waals surface area contributed by atoms with E-state index in [0.717, 1.165) is 21.8 Å². The van der Waals surface area contributed by atoms with E-state index in [2.05, 4.69) is 47.0 Å². The van der Waals surface area contributed by atoms with Crippen LogP contribution in [0.4, 0.5) is 0 Å². The molecular formula is C13H21BrN2OS. The smallest absolute Gasteiger partial charge is 0.0961 e. The fourth-order valence-corrected chi connectivity index (χ4v) is 2.89. The van der Waals surface area contributed by atoms with E-state index in [4.69, 9.17) is 4.74 Å². The minimum Gasteiger partial charge on any atom is -0.377 e. The Kier molecular flexibility index (Phi) is 6.63. The Labute approximate surface area is 122 Å². The lowest BCUT2D eigenvalue weighted by atomic mass is 10.0. The second kappa shape index (κ2) is 7.48. The van der Waals surface area contributed by atoms with E-state index >= 15 is 0 Å². The molecule has 18 heavy (non-hydrogen) atoms. The first-order chi connectivity index (χ1) is 8.49. The zero-order chi connectivity index (χ0) is 13.6. The van der Waals surface area contributed by atoms with Crippen LogP contribution in [0.1, 0.15) is 20.8 Å². The maximum Gasteiger partial charge on any atom is 0.0961 e. The molecule has 102 valence electrons. The summed E-state index contributed by atoms with van der Waals surface area (Å²) in [6, 6.07) is 4.33. The molecule has 0 bridgehead atoms. The number of halogens is 1. The lowest BCUT2D eigenvalue weighted by Crippen LogP contribution is -2.49. The summed E-state index contributed by atoms with van der Waals surface area (Å²) in [5, 5.41) is 4.51. The molecule has 0 fully saturated rings. The molecule has 1 rings (SSSR count). The third kappa shape index (κ3) is 4.88. The van der Waals surface area contributed by atoms with Gasteiger partial charge in [0, 0.05) is 29.6 Å². The third-order valence-corrected chi connectivity index (χ3v) is 4.42. The van der Waals surface area contributed by atoms with Gasteiger partial charge < -0.3 is 10.1 Å². The fourth-order valence-electron chi connectivity index (χ4n) is 1.51. The number of hydrogen-bond acceptors (Lipinski definition) is 4. The molecule has 0 amide bonds. The molecule has 0 aliphatic rings. The molecule has 1 aromatic heterocycles. The number of rotatable bonds is 7. The van der Waals surface area contributed by atoms with Crippen LogP contribution in [-0.4, -0.2) is 36.0 Å². The first kappa shape index (κ1) is 16.0. The lowest BCUT2D eigenvalue weighted by molar-refractivity contribution is -0.00310. The quantitative estimate of drug-likeness (QED) is 0.776. The average molecular weight is 333 g/mol. The number of hydrogen-bond donors (Lipinski definition) is 1. The Morgan fingerprint density at radius 1 is 1.50 bits per heavy atom. The molecule has 0 aliphatic heterocycles. The summed E-state index contributed by atoms with van der Waals surface area (Å²) < 4.78 is 6.56. The van der Waals surface area contributed by atoms with Gasteiger partial charge in [-0.25, -0.2) is 4.98 Å². The Morgan fingerprint density at radius 2 is 2.22 bits per heavy atom. The molecule has 1 aromatic rings. The topological polar surface area (TPSA) is 34.2 Å². The van der Waals surface area contributed by atoms with Gasteiger partial charge in [-0.2, -0.15) is 0 Å². The molecule has 0 saturated heterocycles. The number of pyridine rings is 1. The SMILES string of the molecule is CCNC(CSc1ccc(Br)cn1)C(C)(C)OC. The lowest BCUT2D eigenvalue weighted by Gasteiger charge is -2.33. The van der Waals surface area contributed by atoms with E-state index in [-0.39, 0.29) is 5.60 Å². The Morgan fingerprint density at radius 3 is 2.72 bits per heavy atom. The van der Waals surface area contributed by atoms with Crippen molar-refractivity contribution in [3.63, 3.8) is 0 Å². The predicted molar refractivity (Wildman–Crippen MR) is 81.2 cm³/mol. The minimum atomic E-state index is -0.182. The van der Waals surface area contributed by atoms with Gasteiger partial charge in [-0.05, 0) is 48.5 Å². The molecule has 0 aromatic carbocycles. The van der Waals surface area contributed by atoms with E-state index in [1.54, 1.807) is 18.9 Å². The van der Waals surface area contributed by atoms with Crippen LogP contribution in [0.15, 0.2) is 27.8 Å². The normalized spacial score (nSPS) is 13.6. The molecule has 1 unspecified atom stereocenters. The van der Waals surface area contributed by atoms with Crippen molar-refractivity contribution in [2.75, 3.05) is 19.4 Å². The summed E-state index contributed by atoms with van der Waals surface area (Å²) in [4.78, 5) is 4.37. The summed E-state index contributed by atoms with van der Waals surface area (Å²) in [5.74, 6) is 0.934. The zero-order valence-corrected chi connectivity index (χ0v) is 13.8. The van der Waals surface area contributed by atoms with Gasteiger partial charge in [0.1, 0.15) is 0 Å². The van der Waals surface area contributed by atoms with Crippen molar-refractivity contribution in [3.8, 4) is 0 Å². The molecule has 1 N–H and O–H groups in total. The molecule has 0 spiro atoms. The summed E-state index contributed by atoms with van der Waals surface area (Å²) in [7, 11) is 1.76. The number of ether oxygens (including phenoxy) is 1. The number of likely N-dealkylation sites (N-methyl/N-ethyl adjacent to an activating group) is 1. The van der Waals surface area contributed by atoms with Gasteiger partial charge >= 0.3 is 0 Å². The number of thioether (sulfide) groups is 1. The number of nitrogens with one attached hydrogen (secondary N) is 1. The molecule has 1 atom stereocenters. The van der Waals surface area contributed by atoms with E-state index in [0.29, 0.717) is 6.04 Å². The van der Waals surface area contributed by atoms with E-state index in [9.17, 15) is 0 Å². The highest BCUT2D eigenvalue weighted by molar-refractivity contribution is 9.10. The number of aromatic nitrogens is 1. The van der Waals surface area contributed by atoms with Crippen LogP contribution < -0.4 is 5.32 Å². The average Bonchev–Trinajstić information content (AvgIpc) is 2.36. The van der Waals surface area contributed by atoms with Gasteiger partial charge in [0.25, 0.3) is 0 Å². The third-order valence-electron chi connectivity index (χ3n) is 2.91. The van der Waals surface area contributed by atoms with Crippen LogP contribution in [0.5, 0.6) is 0 Å². The van der Waals surface area contributed by atoms with E-state index in [1.807, 2.05) is 18.3 Å². The second-order valence-electron chi connectivity index (χ2n) is 4.54. The van der Waals surface area contributed by atoms with Crippen molar-refractivity contribution < 1.29 is 4.74 Å². The first-order valence-corrected chi connectivity index (χ1v) is 7.80. The van der Waals surface area contributed by atoms with Crippen molar-refractivity contribution in [1.29, 1.82) is 0 Å². The van der Waals surface area contributed by atoms with Crippen molar-refractivity contribution in [3.05, 3.63) is 22.8 Å². The molecular weight excluding hydrogens is 312 g/mol. The molecule has 0 radical (unpaired) electrons. The molecule has 0 aliphatic carbocycles. The molecule has 1 heterocycles. The number of nitrogens with zero attached hydrogens (tertiary/aromatic N) is 1. The van der Waals surface area contributed by atoms with Crippen LogP contribution in [0.2, 0.25) is 0 Å². The van der Waals surface area contributed by atoms with Gasteiger partial charge in [0.2, 0.25) is 0 Å². The Bertz CT molecular complexity index is 357. The summed E-state index contributed by atoms with van der Waals surface area (Å²) in [6.07, 6.45) is 1.83. The van der Waals surface area contributed by atoms with Gasteiger partial charge in [-0.15, -0.1) is 11.8 Å². The molecule has 3 nitrogen and oxygen atoms in total. The molecule has 0 saturated carbocycles. The zero-order valence-electron chi connectivity index (χ0n) is 11.4. The van der Waals surface area contributed by atoms with Gasteiger partial charge in [0.15, 0.2) is 0 Å². The standard InChI is InChI=1S/C13H21BrN2OS/c1-5-15-11(13(2,3)17-4)9-18-12-7-6-10(14)8-16-12/h6-8,11,15H,5,9H2,1-4H3. The Hall–Kier alpha value is -0.100. The van der Waals surface area contributed by atoms with Crippen LogP contribution >= 0.6 is 27.7 Å². The minimum absolute atomic E-state index is 0.182.